The Bertz CT molecular complexity index is 1230. The van der Waals surface area contributed by atoms with Gasteiger partial charge in [0.1, 0.15) is 17.2 Å². The molecule has 2 aromatic carbocycles. The van der Waals surface area contributed by atoms with E-state index in [1.54, 1.807) is 42.5 Å². The predicted molar refractivity (Wildman–Crippen MR) is 115 cm³/mol. The summed E-state index contributed by atoms with van der Waals surface area (Å²) in [6, 6.07) is 17.4. The number of primary sulfonamides is 1. The molecule has 3 N–H and O–H groups in total. The molecule has 0 aromatic heterocycles. The Hall–Kier alpha value is -3.64. The SMILES string of the molecule is N#CC(C#N)=C(Nc1ccccc1)S[C@H]1CC(=O)N(c2ccc(S(N)(=O)=O)cc2)C1=O. The second-order valence-electron chi connectivity index (χ2n) is 6.34. The third-order valence-electron chi connectivity index (χ3n) is 4.27. The molecule has 1 fully saturated rings. The van der Waals surface area contributed by atoms with Gasteiger partial charge in [0.2, 0.25) is 21.8 Å². The quantitative estimate of drug-likeness (QED) is 0.497. The third kappa shape index (κ3) is 4.92. The number of amides is 2. The van der Waals surface area contributed by atoms with Crippen molar-refractivity contribution < 1.29 is 18.0 Å². The third-order valence-corrected chi connectivity index (χ3v) is 6.40. The molecule has 3 rings (SSSR count). The fourth-order valence-electron chi connectivity index (χ4n) is 2.82. The zero-order valence-corrected chi connectivity index (χ0v) is 17.5. The molecule has 0 radical (unpaired) electrons. The maximum atomic E-state index is 12.9. The monoisotopic (exact) mass is 453 g/mol. The van der Waals surface area contributed by atoms with Crippen LogP contribution in [0, 0.1) is 22.7 Å². The molecule has 1 saturated heterocycles. The number of hydrogen-bond acceptors (Lipinski definition) is 8. The highest BCUT2D eigenvalue weighted by Crippen LogP contribution is 2.35. The molecule has 1 atom stereocenters. The molecule has 2 aromatic rings. The van der Waals surface area contributed by atoms with Crippen molar-refractivity contribution in [3.63, 3.8) is 0 Å². The maximum absolute atomic E-state index is 12.9. The Labute approximate surface area is 182 Å². The van der Waals surface area contributed by atoms with E-state index in [9.17, 15) is 28.5 Å². The summed E-state index contributed by atoms with van der Waals surface area (Å²) in [5.74, 6) is -1.03. The lowest BCUT2D eigenvalue weighted by atomic mass is 10.3. The molecular weight excluding hydrogens is 438 g/mol. The van der Waals surface area contributed by atoms with Crippen molar-refractivity contribution in [3.05, 3.63) is 65.2 Å². The largest absolute Gasteiger partial charge is 0.349 e. The number of nitriles is 2. The number of para-hydroxylation sites is 1. The average molecular weight is 454 g/mol. The van der Waals surface area contributed by atoms with Gasteiger partial charge >= 0.3 is 0 Å². The summed E-state index contributed by atoms with van der Waals surface area (Å²) in [5.41, 5.74) is 0.595. The van der Waals surface area contributed by atoms with Gasteiger partial charge in [-0.25, -0.2) is 18.5 Å². The van der Waals surface area contributed by atoms with Crippen LogP contribution in [0.25, 0.3) is 0 Å². The molecule has 9 nitrogen and oxygen atoms in total. The van der Waals surface area contributed by atoms with Crippen molar-refractivity contribution in [2.45, 2.75) is 16.6 Å². The Morgan fingerprint density at radius 2 is 1.68 bits per heavy atom. The number of imide groups is 1. The van der Waals surface area contributed by atoms with E-state index < -0.39 is 27.1 Å². The van der Waals surface area contributed by atoms with Gasteiger partial charge in [0.05, 0.1) is 15.8 Å². The topological polar surface area (TPSA) is 157 Å². The summed E-state index contributed by atoms with van der Waals surface area (Å²) in [5, 5.41) is 25.9. The molecule has 1 aliphatic heterocycles. The molecule has 1 heterocycles. The molecule has 156 valence electrons. The highest BCUT2D eigenvalue weighted by Gasteiger charge is 2.41. The van der Waals surface area contributed by atoms with E-state index in [0.29, 0.717) is 5.69 Å². The van der Waals surface area contributed by atoms with Crippen LogP contribution in [0.15, 0.2) is 70.1 Å². The van der Waals surface area contributed by atoms with E-state index in [2.05, 4.69) is 5.32 Å². The Kier molecular flexibility index (Phi) is 6.42. The first-order valence-electron chi connectivity index (χ1n) is 8.77. The molecule has 0 aliphatic carbocycles. The number of nitrogens with two attached hydrogens (primary N) is 1. The number of nitrogens with one attached hydrogen (secondary N) is 1. The number of hydrogen-bond donors (Lipinski definition) is 2. The second kappa shape index (κ2) is 9.02. The van der Waals surface area contributed by atoms with Crippen molar-refractivity contribution in [1.29, 1.82) is 10.5 Å². The van der Waals surface area contributed by atoms with E-state index in [-0.39, 0.29) is 27.6 Å². The predicted octanol–water partition coefficient (Wildman–Crippen LogP) is 2.07. The van der Waals surface area contributed by atoms with E-state index >= 15 is 0 Å². The van der Waals surface area contributed by atoms with Crippen molar-refractivity contribution in [2.24, 2.45) is 5.14 Å². The zero-order valence-electron chi connectivity index (χ0n) is 15.8. The number of rotatable bonds is 6. The normalized spacial score (nSPS) is 15.8. The van der Waals surface area contributed by atoms with Crippen molar-refractivity contribution in [3.8, 4) is 12.1 Å². The smallest absolute Gasteiger partial charge is 0.247 e. The summed E-state index contributed by atoms with van der Waals surface area (Å²) in [7, 11) is -3.91. The van der Waals surface area contributed by atoms with Crippen LogP contribution in [0.3, 0.4) is 0 Å². The molecule has 0 saturated carbocycles. The lowest BCUT2D eigenvalue weighted by Crippen LogP contribution is -2.31. The van der Waals surface area contributed by atoms with Gasteiger partial charge in [-0.2, -0.15) is 10.5 Å². The summed E-state index contributed by atoms with van der Waals surface area (Å²) < 4.78 is 22.8. The Morgan fingerprint density at radius 3 is 2.23 bits per heavy atom. The first-order chi connectivity index (χ1) is 14.7. The minimum absolute atomic E-state index is 0.147. The number of carbonyl (C=O) groups is 2. The molecule has 11 heteroatoms. The lowest BCUT2D eigenvalue weighted by Gasteiger charge is -2.16. The highest BCUT2D eigenvalue weighted by atomic mass is 32.2. The number of anilines is 2. The second-order valence-corrected chi connectivity index (χ2v) is 9.11. The fourth-order valence-corrected chi connectivity index (χ4v) is 4.44. The number of nitrogens with zero attached hydrogens (tertiary/aromatic N) is 3. The number of benzene rings is 2. The highest BCUT2D eigenvalue weighted by molar-refractivity contribution is 8.04. The average Bonchev–Trinajstić information content (AvgIpc) is 3.02. The van der Waals surface area contributed by atoms with E-state index in [1.807, 2.05) is 0 Å². The zero-order chi connectivity index (χ0) is 22.6. The maximum Gasteiger partial charge on any atom is 0.247 e. The van der Waals surface area contributed by atoms with Gasteiger partial charge < -0.3 is 5.32 Å². The van der Waals surface area contributed by atoms with Crippen molar-refractivity contribution >= 4 is 45.0 Å². The number of allylic oxidation sites excluding steroid dienone is 1. The first-order valence-corrected chi connectivity index (χ1v) is 11.2. The summed E-state index contributed by atoms with van der Waals surface area (Å²) in [6.07, 6.45) is -0.148. The van der Waals surface area contributed by atoms with Gasteiger partial charge in [0.25, 0.3) is 0 Å². The number of thioether (sulfide) groups is 1. The van der Waals surface area contributed by atoms with Crippen LogP contribution in [0.1, 0.15) is 6.42 Å². The summed E-state index contributed by atoms with van der Waals surface area (Å²) in [4.78, 5) is 26.2. The van der Waals surface area contributed by atoms with Crippen LogP contribution in [-0.4, -0.2) is 25.5 Å². The Morgan fingerprint density at radius 1 is 1.06 bits per heavy atom. The minimum Gasteiger partial charge on any atom is -0.349 e. The van der Waals surface area contributed by atoms with E-state index in [1.165, 1.54) is 24.3 Å². The van der Waals surface area contributed by atoms with Gasteiger partial charge in [0.15, 0.2) is 5.57 Å². The van der Waals surface area contributed by atoms with Crippen LogP contribution in [0.4, 0.5) is 11.4 Å². The number of carbonyl (C=O) groups excluding carboxylic acids is 2. The van der Waals surface area contributed by atoms with Gasteiger partial charge in [-0.05, 0) is 36.4 Å². The molecule has 0 unspecified atom stereocenters. The van der Waals surface area contributed by atoms with Gasteiger partial charge in [-0.15, -0.1) is 0 Å². The molecule has 2 amide bonds. The molecule has 0 bridgehead atoms. The van der Waals surface area contributed by atoms with Crippen LogP contribution >= 0.6 is 11.8 Å². The van der Waals surface area contributed by atoms with Crippen molar-refractivity contribution in [1.82, 2.24) is 0 Å². The van der Waals surface area contributed by atoms with Crippen LogP contribution in [0.2, 0.25) is 0 Å². The fraction of sp³-hybridized carbons (Fsp3) is 0.100. The molecular formula is C20H15N5O4S2. The van der Waals surface area contributed by atoms with Gasteiger partial charge in [-0.1, -0.05) is 30.0 Å². The van der Waals surface area contributed by atoms with E-state index in [4.69, 9.17) is 5.14 Å². The van der Waals surface area contributed by atoms with Gasteiger partial charge in [0, 0.05) is 12.1 Å². The number of sulfonamides is 1. The van der Waals surface area contributed by atoms with Crippen LogP contribution in [0.5, 0.6) is 0 Å². The summed E-state index contributed by atoms with van der Waals surface area (Å²) in [6.45, 7) is 0. The molecule has 0 spiro atoms. The first kappa shape index (κ1) is 22.1. The van der Waals surface area contributed by atoms with Crippen molar-refractivity contribution in [2.75, 3.05) is 10.2 Å². The Balaban J connectivity index is 1.86. The standard InChI is InChI=1S/C20H15N5O4S2/c21-11-13(12-22)19(24-14-4-2-1-3-5-14)30-17-10-18(26)25(20(17)27)15-6-8-16(9-7-15)31(23,28)29/h1-9,17,24H,10H2,(H2,23,28,29)/t17-/m0/s1. The lowest BCUT2D eigenvalue weighted by molar-refractivity contribution is -0.121. The van der Waals surface area contributed by atoms with Crippen LogP contribution < -0.4 is 15.4 Å². The molecule has 31 heavy (non-hydrogen) atoms. The minimum atomic E-state index is -3.91. The molecule has 1 aliphatic rings. The van der Waals surface area contributed by atoms with Gasteiger partial charge in [-0.3, -0.25) is 9.59 Å². The summed E-state index contributed by atoms with van der Waals surface area (Å²) >= 11 is 0.918. The van der Waals surface area contributed by atoms with E-state index in [0.717, 1.165) is 16.7 Å². The van der Waals surface area contributed by atoms with Crippen LogP contribution in [-0.2, 0) is 19.6 Å².